The number of hydrazone groups is 1. The summed E-state index contributed by atoms with van der Waals surface area (Å²) in [5, 5.41) is 5.52. The van der Waals surface area contributed by atoms with E-state index >= 15 is 0 Å². The largest absolute Gasteiger partial charge is 0.370 e. The number of hydrogen-bond acceptors (Lipinski definition) is 6. The van der Waals surface area contributed by atoms with Crippen LogP contribution in [0.1, 0.15) is 30.9 Å². The van der Waals surface area contributed by atoms with Crippen molar-refractivity contribution >= 4 is 27.4 Å². The van der Waals surface area contributed by atoms with Crippen LogP contribution < -0.4 is 0 Å². The van der Waals surface area contributed by atoms with Gasteiger partial charge >= 0.3 is 0 Å². The standard InChI is InChI=1S/C19H23N3O5S/c23-18-7-6-16(20-22(18)15-8-11-28(25,26)13-15)19(24)21-9-10-27-17(12-21)14-4-2-1-3-5-14/h1-5,15,17H,6-13H2/t15-,17+/m1/s1. The van der Waals surface area contributed by atoms with Crippen LogP contribution in [0, 0.1) is 0 Å². The van der Waals surface area contributed by atoms with E-state index in [1.165, 1.54) is 5.01 Å². The molecule has 3 aliphatic rings. The fraction of sp³-hybridized carbons (Fsp3) is 0.526. The zero-order valence-corrected chi connectivity index (χ0v) is 16.3. The number of sulfone groups is 1. The molecule has 0 unspecified atom stereocenters. The third-order valence-electron chi connectivity index (χ3n) is 5.39. The first kappa shape index (κ1) is 19.1. The molecule has 2 saturated heterocycles. The number of amides is 2. The highest BCUT2D eigenvalue weighted by Gasteiger charge is 2.38. The normalized spacial score (nSPS) is 27.6. The molecule has 1 aromatic carbocycles. The second-order valence-corrected chi connectivity index (χ2v) is 9.59. The quantitative estimate of drug-likeness (QED) is 0.739. The van der Waals surface area contributed by atoms with E-state index in [-0.39, 0.29) is 42.3 Å². The monoisotopic (exact) mass is 405 g/mol. The summed E-state index contributed by atoms with van der Waals surface area (Å²) in [5.41, 5.74) is 1.33. The first-order chi connectivity index (χ1) is 13.4. The maximum absolute atomic E-state index is 13.0. The summed E-state index contributed by atoms with van der Waals surface area (Å²) in [5.74, 6) is -0.454. The van der Waals surface area contributed by atoms with Gasteiger partial charge in [-0.2, -0.15) is 5.10 Å². The molecule has 3 aliphatic heterocycles. The van der Waals surface area contributed by atoms with Crippen molar-refractivity contribution in [3.63, 3.8) is 0 Å². The molecule has 0 radical (unpaired) electrons. The minimum Gasteiger partial charge on any atom is -0.370 e. The molecule has 9 heteroatoms. The van der Waals surface area contributed by atoms with Gasteiger partial charge in [0.1, 0.15) is 11.8 Å². The highest BCUT2D eigenvalue weighted by molar-refractivity contribution is 7.91. The predicted molar refractivity (Wildman–Crippen MR) is 102 cm³/mol. The molecule has 0 saturated carbocycles. The Morgan fingerprint density at radius 2 is 1.96 bits per heavy atom. The molecule has 150 valence electrons. The predicted octanol–water partition coefficient (Wildman–Crippen LogP) is 0.752. The number of benzene rings is 1. The zero-order valence-electron chi connectivity index (χ0n) is 15.5. The smallest absolute Gasteiger partial charge is 0.270 e. The van der Waals surface area contributed by atoms with Gasteiger partial charge in [-0.25, -0.2) is 13.4 Å². The molecule has 0 aromatic heterocycles. The van der Waals surface area contributed by atoms with E-state index < -0.39 is 15.9 Å². The van der Waals surface area contributed by atoms with Gasteiger partial charge in [-0.15, -0.1) is 0 Å². The zero-order chi connectivity index (χ0) is 19.7. The number of morpholine rings is 1. The molecular formula is C19H23N3O5S. The van der Waals surface area contributed by atoms with Crippen molar-refractivity contribution in [3.8, 4) is 0 Å². The van der Waals surface area contributed by atoms with Crippen molar-refractivity contribution in [3.05, 3.63) is 35.9 Å². The molecule has 0 N–H and O–H groups in total. The van der Waals surface area contributed by atoms with Gasteiger partial charge < -0.3 is 9.64 Å². The Kier molecular flexibility index (Phi) is 5.20. The molecule has 1 aromatic rings. The molecule has 3 heterocycles. The van der Waals surface area contributed by atoms with Gasteiger partial charge in [-0.1, -0.05) is 30.3 Å². The van der Waals surface area contributed by atoms with E-state index in [1.54, 1.807) is 4.90 Å². The first-order valence-corrected chi connectivity index (χ1v) is 11.3. The van der Waals surface area contributed by atoms with E-state index in [1.807, 2.05) is 30.3 Å². The maximum atomic E-state index is 13.0. The van der Waals surface area contributed by atoms with E-state index in [2.05, 4.69) is 5.10 Å². The molecule has 0 aliphatic carbocycles. The number of rotatable bonds is 3. The number of hydrogen-bond donors (Lipinski definition) is 0. The lowest BCUT2D eigenvalue weighted by Gasteiger charge is -2.35. The van der Waals surface area contributed by atoms with Crippen LogP contribution in [-0.4, -0.2) is 73.1 Å². The van der Waals surface area contributed by atoms with Crippen LogP contribution in [0.5, 0.6) is 0 Å². The van der Waals surface area contributed by atoms with E-state index in [9.17, 15) is 18.0 Å². The summed E-state index contributed by atoms with van der Waals surface area (Å²) >= 11 is 0. The summed E-state index contributed by atoms with van der Waals surface area (Å²) in [7, 11) is -3.14. The van der Waals surface area contributed by atoms with Crippen LogP contribution in [0.15, 0.2) is 35.4 Å². The lowest BCUT2D eigenvalue weighted by atomic mass is 10.1. The van der Waals surface area contributed by atoms with Crippen molar-refractivity contribution in [2.24, 2.45) is 5.10 Å². The van der Waals surface area contributed by atoms with Crippen molar-refractivity contribution in [1.29, 1.82) is 0 Å². The summed E-state index contributed by atoms with van der Waals surface area (Å²) in [6, 6.07) is 9.27. The number of carbonyl (C=O) groups excluding carboxylic acids is 2. The highest BCUT2D eigenvalue weighted by Crippen LogP contribution is 2.25. The first-order valence-electron chi connectivity index (χ1n) is 9.49. The van der Waals surface area contributed by atoms with Crippen LogP contribution in [0.3, 0.4) is 0 Å². The van der Waals surface area contributed by atoms with E-state index in [4.69, 9.17) is 4.74 Å². The van der Waals surface area contributed by atoms with Crippen LogP contribution in [0.25, 0.3) is 0 Å². The van der Waals surface area contributed by atoms with Gasteiger partial charge in [0.05, 0.1) is 30.7 Å². The van der Waals surface area contributed by atoms with Crippen molar-refractivity contribution in [1.82, 2.24) is 9.91 Å². The Hall–Kier alpha value is -2.26. The molecular weight excluding hydrogens is 382 g/mol. The number of carbonyl (C=O) groups is 2. The second-order valence-electron chi connectivity index (χ2n) is 7.36. The molecule has 2 atom stereocenters. The van der Waals surface area contributed by atoms with Gasteiger partial charge in [0, 0.05) is 19.4 Å². The lowest BCUT2D eigenvalue weighted by molar-refractivity contribution is -0.135. The Balaban J connectivity index is 1.49. The van der Waals surface area contributed by atoms with E-state index in [0.29, 0.717) is 31.8 Å². The van der Waals surface area contributed by atoms with Gasteiger partial charge in [0.15, 0.2) is 9.84 Å². The third kappa shape index (κ3) is 3.95. The van der Waals surface area contributed by atoms with Crippen LogP contribution in [-0.2, 0) is 24.2 Å². The van der Waals surface area contributed by atoms with E-state index in [0.717, 1.165) is 5.56 Å². The van der Waals surface area contributed by atoms with Crippen LogP contribution >= 0.6 is 0 Å². The SMILES string of the molecule is O=C(C1=NN([C@@H]2CCS(=O)(=O)C2)C(=O)CC1)N1CCO[C@H](c2ccccc2)C1. The fourth-order valence-electron chi connectivity index (χ4n) is 3.86. The van der Waals surface area contributed by atoms with Gasteiger partial charge in [-0.3, -0.25) is 9.59 Å². The van der Waals surface area contributed by atoms with Crippen molar-refractivity contribution in [2.45, 2.75) is 31.4 Å². The third-order valence-corrected chi connectivity index (χ3v) is 7.14. The number of ether oxygens (including phenoxy) is 1. The molecule has 28 heavy (non-hydrogen) atoms. The summed E-state index contributed by atoms with van der Waals surface area (Å²) < 4.78 is 29.3. The highest BCUT2D eigenvalue weighted by atomic mass is 32.2. The van der Waals surface area contributed by atoms with Crippen molar-refractivity contribution < 1.29 is 22.7 Å². The van der Waals surface area contributed by atoms with Gasteiger partial charge in [-0.05, 0) is 12.0 Å². The Labute approximate surface area is 164 Å². The molecule has 8 nitrogen and oxygen atoms in total. The summed E-state index contributed by atoms with van der Waals surface area (Å²) in [6.45, 7) is 1.32. The van der Waals surface area contributed by atoms with Crippen LogP contribution in [0.4, 0.5) is 0 Å². The minimum absolute atomic E-state index is 0.0580. The molecule has 0 bridgehead atoms. The Morgan fingerprint density at radius 3 is 2.68 bits per heavy atom. The molecule has 2 fully saturated rings. The Morgan fingerprint density at radius 1 is 1.18 bits per heavy atom. The number of nitrogens with zero attached hydrogens (tertiary/aromatic N) is 3. The molecule has 2 amide bonds. The maximum Gasteiger partial charge on any atom is 0.270 e. The fourth-order valence-corrected chi connectivity index (χ4v) is 5.56. The second kappa shape index (κ2) is 7.63. The van der Waals surface area contributed by atoms with Gasteiger partial charge in [0.2, 0.25) is 5.91 Å². The average molecular weight is 405 g/mol. The van der Waals surface area contributed by atoms with Crippen molar-refractivity contribution in [2.75, 3.05) is 31.2 Å². The lowest BCUT2D eigenvalue weighted by Crippen LogP contribution is -2.48. The minimum atomic E-state index is -3.14. The summed E-state index contributed by atoms with van der Waals surface area (Å²) in [4.78, 5) is 27.0. The van der Waals surface area contributed by atoms with Gasteiger partial charge in [0.25, 0.3) is 5.91 Å². The molecule has 0 spiro atoms. The molecule has 4 rings (SSSR count). The Bertz CT molecular complexity index is 899. The topological polar surface area (TPSA) is 96.3 Å². The van der Waals surface area contributed by atoms with Crippen LogP contribution in [0.2, 0.25) is 0 Å². The average Bonchev–Trinajstić information content (AvgIpc) is 3.08. The summed E-state index contributed by atoms with van der Waals surface area (Å²) in [6.07, 6.45) is 0.627.